The molecule has 0 spiro atoms. The lowest BCUT2D eigenvalue weighted by Crippen LogP contribution is -2.41. The zero-order chi connectivity index (χ0) is 31.4. The summed E-state index contributed by atoms with van der Waals surface area (Å²) in [7, 11) is 0. The first-order chi connectivity index (χ1) is 22.0. The number of unbranched alkanes of at least 4 members (excludes halogenated alkanes) is 4. The van der Waals surface area contributed by atoms with E-state index in [2.05, 4.69) is 82.7 Å². The van der Waals surface area contributed by atoms with Gasteiger partial charge in [-0.2, -0.15) is 0 Å². The first-order valence-electron chi connectivity index (χ1n) is 17.1. The van der Waals surface area contributed by atoms with E-state index in [1.807, 2.05) is 18.2 Å². The number of carbonyl (C=O) groups is 2. The summed E-state index contributed by atoms with van der Waals surface area (Å²) in [6.07, 6.45) is 9.74. The van der Waals surface area contributed by atoms with E-state index >= 15 is 0 Å². The Balaban J connectivity index is 1.25. The number of urea groups is 1. The van der Waals surface area contributed by atoms with Gasteiger partial charge in [0.05, 0.1) is 17.3 Å². The van der Waals surface area contributed by atoms with E-state index in [9.17, 15) is 9.59 Å². The van der Waals surface area contributed by atoms with Gasteiger partial charge in [0.1, 0.15) is 0 Å². The van der Waals surface area contributed by atoms with Gasteiger partial charge in [-0.25, -0.2) is 4.79 Å². The lowest BCUT2D eigenvalue weighted by atomic mass is 9.91. The Bertz CT molecular complexity index is 1310. The minimum Gasteiger partial charge on any atom is -0.372 e. The largest absolute Gasteiger partial charge is 0.372 e. The normalized spacial score (nSPS) is 15.8. The highest BCUT2D eigenvalue weighted by Crippen LogP contribution is 2.33. The molecule has 240 valence electrons. The molecule has 0 aliphatic carbocycles. The smallest absolute Gasteiger partial charge is 0.319 e. The van der Waals surface area contributed by atoms with E-state index in [1.54, 1.807) is 4.90 Å². The third kappa shape index (κ3) is 8.66. The van der Waals surface area contributed by atoms with Gasteiger partial charge in [-0.3, -0.25) is 14.6 Å². The van der Waals surface area contributed by atoms with Crippen molar-refractivity contribution in [3.8, 4) is 0 Å². The predicted molar refractivity (Wildman–Crippen MR) is 185 cm³/mol. The highest BCUT2D eigenvalue weighted by molar-refractivity contribution is 6.05. The Labute approximate surface area is 269 Å². The number of carbonyl (C=O) groups excluding carboxylic acids is 2. The average molecular weight is 610 g/mol. The van der Waals surface area contributed by atoms with Crippen LogP contribution >= 0.6 is 0 Å². The zero-order valence-electron chi connectivity index (χ0n) is 27.0. The average Bonchev–Trinajstić information content (AvgIpc) is 3.62. The van der Waals surface area contributed by atoms with Crippen LogP contribution in [0.1, 0.15) is 92.2 Å². The third-order valence-electron chi connectivity index (χ3n) is 9.53. The van der Waals surface area contributed by atoms with Gasteiger partial charge >= 0.3 is 6.03 Å². The van der Waals surface area contributed by atoms with Crippen LogP contribution in [0.4, 0.5) is 16.2 Å². The number of hydrogen-bond donors (Lipinski definition) is 2. The summed E-state index contributed by atoms with van der Waals surface area (Å²) in [5, 5.41) is 3.26. The molecule has 3 amide bonds. The Hall–Kier alpha value is -3.84. The molecule has 3 N–H and O–H groups in total. The van der Waals surface area contributed by atoms with Crippen LogP contribution < -0.4 is 20.9 Å². The van der Waals surface area contributed by atoms with Gasteiger partial charge in [0, 0.05) is 31.9 Å². The van der Waals surface area contributed by atoms with Crippen molar-refractivity contribution in [1.82, 2.24) is 10.2 Å². The molecule has 0 unspecified atom stereocenters. The Morgan fingerprint density at radius 2 is 1.47 bits per heavy atom. The van der Waals surface area contributed by atoms with Gasteiger partial charge in [-0.1, -0.05) is 93.3 Å². The summed E-state index contributed by atoms with van der Waals surface area (Å²) in [4.78, 5) is 33.0. The van der Waals surface area contributed by atoms with Crippen LogP contribution in [-0.2, 0) is 0 Å². The third-order valence-corrected chi connectivity index (χ3v) is 9.53. The lowest BCUT2D eigenvalue weighted by molar-refractivity contribution is 0.0931. The molecule has 0 aromatic heterocycles. The zero-order valence-corrected chi connectivity index (χ0v) is 27.0. The molecule has 0 saturated carbocycles. The van der Waals surface area contributed by atoms with Crippen molar-refractivity contribution in [2.75, 3.05) is 49.1 Å². The molecular weight excluding hydrogens is 558 g/mol. The SMILES string of the molecule is CCCCCCCN(C(N)=O)c1ccc(N2CCCC2)cc1C(=O)NCC1CCN(C(c2ccccc2)c2ccccc2)CC1. The summed E-state index contributed by atoms with van der Waals surface area (Å²) in [5.41, 5.74) is 10.7. The van der Waals surface area contributed by atoms with Gasteiger partial charge < -0.3 is 16.0 Å². The summed E-state index contributed by atoms with van der Waals surface area (Å²) in [5.74, 6) is 0.269. The van der Waals surface area contributed by atoms with Crippen LogP contribution in [0, 0.1) is 5.92 Å². The van der Waals surface area contributed by atoms with Gasteiger partial charge in [-0.05, 0) is 80.4 Å². The lowest BCUT2D eigenvalue weighted by Gasteiger charge is -2.38. The van der Waals surface area contributed by atoms with E-state index in [-0.39, 0.29) is 11.9 Å². The molecular formula is C38H51N5O2. The molecule has 7 heteroatoms. The fourth-order valence-corrected chi connectivity index (χ4v) is 6.97. The summed E-state index contributed by atoms with van der Waals surface area (Å²) in [6, 6.07) is 27.1. The molecule has 3 aromatic rings. The number of nitrogens with one attached hydrogen (secondary N) is 1. The number of benzene rings is 3. The fourth-order valence-electron chi connectivity index (χ4n) is 6.97. The van der Waals surface area contributed by atoms with Crippen LogP contribution in [-0.4, -0.2) is 56.1 Å². The second-order valence-electron chi connectivity index (χ2n) is 12.7. The van der Waals surface area contributed by atoms with E-state index in [0.29, 0.717) is 30.3 Å². The van der Waals surface area contributed by atoms with Crippen LogP contribution in [0.5, 0.6) is 0 Å². The highest BCUT2D eigenvalue weighted by Gasteiger charge is 2.28. The molecule has 2 aliphatic heterocycles. The van der Waals surface area contributed by atoms with Gasteiger partial charge in [-0.15, -0.1) is 0 Å². The van der Waals surface area contributed by atoms with Crippen molar-refractivity contribution in [2.24, 2.45) is 11.7 Å². The van der Waals surface area contributed by atoms with Crippen molar-refractivity contribution in [1.29, 1.82) is 0 Å². The molecule has 3 aromatic carbocycles. The number of nitrogens with two attached hydrogens (primary N) is 1. The molecule has 0 radical (unpaired) electrons. The van der Waals surface area contributed by atoms with Crippen molar-refractivity contribution in [3.05, 3.63) is 95.6 Å². The topological polar surface area (TPSA) is 81.9 Å². The minimum absolute atomic E-state index is 0.128. The molecule has 45 heavy (non-hydrogen) atoms. The van der Waals surface area contributed by atoms with Crippen LogP contribution in [0.25, 0.3) is 0 Å². The minimum atomic E-state index is -0.507. The van der Waals surface area contributed by atoms with E-state index in [4.69, 9.17) is 5.73 Å². The van der Waals surface area contributed by atoms with Crippen molar-refractivity contribution in [3.63, 3.8) is 0 Å². The quantitative estimate of drug-likeness (QED) is 0.187. The van der Waals surface area contributed by atoms with Gasteiger partial charge in [0.25, 0.3) is 5.91 Å². The monoisotopic (exact) mass is 609 g/mol. The maximum absolute atomic E-state index is 13.8. The standard InChI is InChI=1S/C38H51N5O2/c1-2-3-4-5-12-25-43(38(39)45)35-20-19-33(41-23-13-14-24-41)28-34(35)37(44)40-29-30-21-26-42(27-22-30)36(31-15-8-6-9-16-31)32-17-10-7-11-18-32/h6-11,15-20,28,30,36H,2-5,12-14,21-27,29H2,1H3,(H2,39,45)(H,40,44). The summed E-state index contributed by atoms with van der Waals surface area (Å²) >= 11 is 0. The summed E-state index contributed by atoms with van der Waals surface area (Å²) in [6.45, 7) is 7.25. The molecule has 2 heterocycles. The van der Waals surface area contributed by atoms with Crippen LogP contribution in [0.15, 0.2) is 78.9 Å². The van der Waals surface area contributed by atoms with Gasteiger partial charge in [0.15, 0.2) is 0 Å². The second kappa shape index (κ2) is 16.5. The summed E-state index contributed by atoms with van der Waals surface area (Å²) < 4.78 is 0. The maximum atomic E-state index is 13.8. The first kappa shape index (κ1) is 32.6. The predicted octanol–water partition coefficient (Wildman–Crippen LogP) is 7.37. The molecule has 0 atom stereocenters. The highest BCUT2D eigenvalue weighted by atomic mass is 16.2. The van der Waals surface area contributed by atoms with Crippen molar-refractivity contribution in [2.45, 2.75) is 70.8 Å². The van der Waals surface area contributed by atoms with Crippen LogP contribution in [0.2, 0.25) is 0 Å². The fraction of sp³-hybridized carbons (Fsp3) is 0.474. The van der Waals surface area contributed by atoms with E-state index in [0.717, 1.165) is 76.8 Å². The number of piperidine rings is 1. The van der Waals surface area contributed by atoms with Crippen LogP contribution in [0.3, 0.4) is 0 Å². The van der Waals surface area contributed by atoms with E-state index in [1.165, 1.54) is 24.0 Å². The maximum Gasteiger partial charge on any atom is 0.319 e. The number of rotatable bonds is 14. The van der Waals surface area contributed by atoms with Crippen molar-refractivity contribution >= 4 is 23.3 Å². The molecule has 0 bridgehead atoms. The number of hydrogen-bond acceptors (Lipinski definition) is 4. The molecule has 2 fully saturated rings. The number of anilines is 2. The molecule has 7 nitrogen and oxygen atoms in total. The molecule has 2 aliphatic rings. The Morgan fingerprint density at radius 3 is 2.07 bits per heavy atom. The van der Waals surface area contributed by atoms with Crippen molar-refractivity contribution < 1.29 is 9.59 Å². The number of likely N-dealkylation sites (tertiary alicyclic amines) is 1. The Kier molecular flexibility index (Phi) is 11.9. The first-order valence-corrected chi connectivity index (χ1v) is 17.1. The number of primary amides is 1. The Morgan fingerprint density at radius 1 is 0.844 bits per heavy atom. The second-order valence-corrected chi connectivity index (χ2v) is 12.7. The van der Waals surface area contributed by atoms with Gasteiger partial charge in [0.2, 0.25) is 0 Å². The number of nitrogens with zero attached hydrogens (tertiary/aromatic N) is 3. The molecule has 5 rings (SSSR count). The molecule has 2 saturated heterocycles. The van der Waals surface area contributed by atoms with E-state index < -0.39 is 6.03 Å². The number of amides is 3.